The molecule has 1 saturated carbocycles. The first-order valence-electron chi connectivity index (χ1n) is 11.2. The maximum atomic E-state index is 14.4. The summed E-state index contributed by atoms with van der Waals surface area (Å²) in [6.45, 7) is 5.75. The summed E-state index contributed by atoms with van der Waals surface area (Å²) in [6, 6.07) is 5.75. The van der Waals surface area contributed by atoms with Crippen LogP contribution in [-0.2, 0) is 11.3 Å². The third kappa shape index (κ3) is 4.47. The number of esters is 1. The van der Waals surface area contributed by atoms with Crippen LogP contribution in [-0.4, -0.2) is 46.8 Å². The number of halogens is 1. The molecule has 0 radical (unpaired) electrons. The number of rotatable bonds is 7. The van der Waals surface area contributed by atoms with Gasteiger partial charge in [-0.2, -0.15) is 0 Å². The smallest absolute Gasteiger partial charge is 0.354 e. The summed E-state index contributed by atoms with van der Waals surface area (Å²) in [6.07, 6.45) is 4.60. The van der Waals surface area contributed by atoms with Crippen LogP contribution in [0.4, 0.5) is 4.39 Å². The van der Waals surface area contributed by atoms with Gasteiger partial charge in [0.05, 0.1) is 19.2 Å². The molecule has 1 aromatic heterocycles. The SMILES string of the molecule is CCn1c(C)c(C(=O)CN(C(=O)c2ccccc2F)C2CCCCC2)c(C)c1C(=O)OC. The minimum atomic E-state index is -0.594. The second-order valence-electron chi connectivity index (χ2n) is 8.30. The lowest BCUT2D eigenvalue weighted by molar-refractivity contribution is 0.0583. The summed E-state index contributed by atoms with van der Waals surface area (Å²) < 4.78 is 21.1. The second-order valence-corrected chi connectivity index (χ2v) is 8.30. The highest BCUT2D eigenvalue weighted by Crippen LogP contribution is 2.28. The van der Waals surface area contributed by atoms with Gasteiger partial charge in [-0.05, 0) is 51.3 Å². The molecule has 1 aliphatic carbocycles. The number of carbonyl (C=O) groups is 3. The average Bonchev–Trinajstić information content (AvgIpc) is 3.06. The topological polar surface area (TPSA) is 68.6 Å². The van der Waals surface area contributed by atoms with Crippen LogP contribution in [0.15, 0.2) is 24.3 Å². The van der Waals surface area contributed by atoms with Crippen LogP contribution in [0.1, 0.15) is 81.5 Å². The van der Waals surface area contributed by atoms with Gasteiger partial charge in [-0.1, -0.05) is 31.4 Å². The number of methoxy groups -OCH3 is 1. The van der Waals surface area contributed by atoms with E-state index in [-0.39, 0.29) is 23.9 Å². The van der Waals surface area contributed by atoms with E-state index in [9.17, 15) is 18.8 Å². The normalized spacial score (nSPS) is 14.3. The minimum absolute atomic E-state index is 0.0271. The second kappa shape index (κ2) is 10.1. The third-order valence-electron chi connectivity index (χ3n) is 6.44. The van der Waals surface area contributed by atoms with Crippen LogP contribution in [0.25, 0.3) is 0 Å². The summed E-state index contributed by atoms with van der Waals surface area (Å²) >= 11 is 0. The Labute approximate surface area is 188 Å². The van der Waals surface area contributed by atoms with Crippen molar-refractivity contribution in [2.45, 2.75) is 65.5 Å². The van der Waals surface area contributed by atoms with Crippen molar-refractivity contribution in [3.8, 4) is 0 Å². The summed E-state index contributed by atoms with van der Waals surface area (Å²) in [4.78, 5) is 40.7. The van der Waals surface area contributed by atoms with E-state index in [0.717, 1.165) is 32.1 Å². The number of amides is 1. The maximum absolute atomic E-state index is 14.4. The molecule has 0 bridgehead atoms. The molecule has 32 heavy (non-hydrogen) atoms. The van der Waals surface area contributed by atoms with Gasteiger partial charge in [0.15, 0.2) is 5.78 Å². The van der Waals surface area contributed by atoms with E-state index < -0.39 is 17.7 Å². The van der Waals surface area contributed by atoms with Gasteiger partial charge in [-0.15, -0.1) is 0 Å². The van der Waals surface area contributed by atoms with Gasteiger partial charge in [0.25, 0.3) is 5.91 Å². The van der Waals surface area contributed by atoms with Crippen molar-refractivity contribution in [1.29, 1.82) is 0 Å². The summed E-state index contributed by atoms with van der Waals surface area (Å²) in [5, 5.41) is 0. The molecule has 0 aliphatic heterocycles. The highest BCUT2D eigenvalue weighted by Gasteiger charge is 2.32. The molecule has 7 heteroatoms. The molecule has 1 amide bonds. The number of benzene rings is 1. The Hall–Kier alpha value is -2.96. The molecular formula is C25H31FN2O4. The monoisotopic (exact) mass is 442 g/mol. The van der Waals surface area contributed by atoms with Crippen molar-refractivity contribution in [2.24, 2.45) is 0 Å². The zero-order valence-corrected chi connectivity index (χ0v) is 19.2. The van der Waals surface area contributed by atoms with E-state index in [1.165, 1.54) is 30.2 Å². The number of hydrogen-bond donors (Lipinski definition) is 0. The van der Waals surface area contributed by atoms with Gasteiger partial charge < -0.3 is 14.2 Å². The predicted molar refractivity (Wildman–Crippen MR) is 120 cm³/mol. The number of hydrogen-bond acceptors (Lipinski definition) is 4. The molecule has 2 aromatic rings. The Morgan fingerprint density at radius 1 is 1.12 bits per heavy atom. The summed E-state index contributed by atoms with van der Waals surface area (Å²) in [7, 11) is 1.31. The Kier molecular flexibility index (Phi) is 7.48. The van der Waals surface area contributed by atoms with Crippen molar-refractivity contribution in [1.82, 2.24) is 9.47 Å². The van der Waals surface area contributed by atoms with E-state index in [1.807, 2.05) is 6.92 Å². The van der Waals surface area contributed by atoms with Crippen molar-refractivity contribution in [2.75, 3.05) is 13.7 Å². The van der Waals surface area contributed by atoms with Crippen LogP contribution in [0.5, 0.6) is 0 Å². The van der Waals surface area contributed by atoms with E-state index in [1.54, 1.807) is 24.5 Å². The molecule has 0 saturated heterocycles. The lowest BCUT2D eigenvalue weighted by Gasteiger charge is -2.34. The summed E-state index contributed by atoms with van der Waals surface area (Å²) in [5.41, 5.74) is 1.95. The van der Waals surface area contributed by atoms with Crippen molar-refractivity contribution in [3.05, 3.63) is 58.2 Å². The van der Waals surface area contributed by atoms with Gasteiger partial charge in [-0.25, -0.2) is 9.18 Å². The molecular weight excluding hydrogens is 411 g/mol. The Balaban J connectivity index is 1.99. The predicted octanol–water partition coefficient (Wildman–Crippen LogP) is 4.71. The van der Waals surface area contributed by atoms with Gasteiger partial charge in [-0.3, -0.25) is 9.59 Å². The number of aromatic nitrogens is 1. The number of nitrogens with zero attached hydrogens (tertiary/aromatic N) is 2. The van der Waals surface area contributed by atoms with E-state index in [2.05, 4.69) is 0 Å². The van der Waals surface area contributed by atoms with Gasteiger partial charge in [0, 0.05) is 23.8 Å². The average molecular weight is 443 g/mol. The first kappa shape index (κ1) is 23.7. The highest BCUT2D eigenvalue weighted by atomic mass is 19.1. The van der Waals surface area contributed by atoms with Crippen molar-refractivity contribution in [3.63, 3.8) is 0 Å². The molecule has 0 N–H and O–H groups in total. The number of carbonyl (C=O) groups excluding carboxylic acids is 3. The molecule has 1 aliphatic rings. The molecule has 0 spiro atoms. The van der Waals surface area contributed by atoms with Gasteiger partial charge in [0.2, 0.25) is 0 Å². The number of ether oxygens (including phenoxy) is 1. The Bertz CT molecular complexity index is 1020. The van der Waals surface area contributed by atoms with Crippen molar-refractivity contribution < 1.29 is 23.5 Å². The van der Waals surface area contributed by atoms with Crippen LogP contribution in [0, 0.1) is 19.7 Å². The number of Topliss-reactive ketones (excluding diaryl/α,β-unsaturated/α-hetero) is 1. The van der Waals surface area contributed by atoms with Crippen LogP contribution in [0.2, 0.25) is 0 Å². The molecule has 1 heterocycles. The zero-order valence-electron chi connectivity index (χ0n) is 19.2. The molecule has 1 aromatic carbocycles. The quantitative estimate of drug-likeness (QED) is 0.460. The summed E-state index contributed by atoms with van der Waals surface area (Å²) in [5.74, 6) is -1.82. The van der Waals surface area contributed by atoms with E-state index in [0.29, 0.717) is 29.1 Å². The fourth-order valence-corrected chi connectivity index (χ4v) is 4.84. The number of ketones is 1. The van der Waals surface area contributed by atoms with Crippen LogP contribution in [0.3, 0.4) is 0 Å². The lowest BCUT2D eigenvalue weighted by atomic mass is 9.93. The molecule has 0 unspecified atom stereocenters. The Morgan fingerprint density at radius 2 is 1.78 bits per heavy atom. The lowest BCUT2D eigenvalue weighted by Crippen LogP contribution is -2.44. The maximum Gasteiger partial charge on any atom is 0.354 e. The largest absolute Gasteiger partial charge is 0.464 e. The van der Waals surface area contributed by atoms with Gasteiger partial charge >= 0.3 is 5.97 Å². The molecule has 172 valence electrons. The molecule has 3 rings (SSSR count). The third-order valence-corrected chi connectivity index (χ3v) is 6.44. The van der Waals surface area contributed by atoms with Crippen molar-refractivity contribution >= 4 is 17.7 Å². The van der Waals surface area contributed by atoms with E-state index >= 15 is 0 Å². The molecule has 1 fully saturated rings. The molecule has 0 atom stereocenters. The molecule has 6 nitrogen and oxygen atoms in total. The van der Waals surface area contributed by atoms with E-state index in [4.69, 9.17) is 4.74 Å². The first-order chi connectivity index (χ1) is 15.3. The van der Waals surface area contributed by atoms with Gasteiger partial charge in [0.1, 0.15) is 11.5 Å². The van der Waals surface area contributed by atoms with Crippen LogP contribution >= 0.6 is 0 Å². The highest BCUT2D eigenvalue weighted by molar-refractivity contribution is 6.06. The van der Waals surface area contributed by atoms with Crippen LogP contribution < -0.4 is 0 Å². The fraction of sp³-hybridized carbons (Fsp3) is 0.480. The first-order valence-corrected chi connectivity index (χ1v) is 11.2. The zero-order chi connectivity index (χ0) is 23.4. The fourth-order valence-electron chi connectivity index (χ4n) is 4.84. The standard InChI is InChI=1S/C25H31FN2O4/c1-5-27-17(3)22(16(2)23(27)25(31)32-4)21(29)15-28(18-11-7-6-8-12-18)24(30)19-13-9-10-14-20(19)26/h9-10,13-14,18H,5-8,11-12,15H2,1-4H3. The minimum Gasteiger partial charge on any atom is -0.464 e. The Morgan fingerprint density at radius 3 is 2.38 bits per heavy atom.